The zero-order valence-electron chi connectivity index (χ0n) is 13.1. The predicted molar refractivity (Wildman–Crippen MR) is 97.5 cm³/mol. The third-order valence-electron chi connectivity index (χ3n) is 3.79. The minimum atomic E-state index is -0.104. The molecule has 0 amide bonds. The molecule has 0 heterocycles. The molecule has 0 spiro atoms. The fourth-order valence-corrected chi connectivity index (χ4v) is 2.75. The standard InChI is InChI=1S/C20H16ClNO2/c1-13-6-2-3-7-15(13)20(24)16-11-10-14(12-17(16)21)22-18-8-4-5-9-19(18)23/h2-12,22-23H,1H3. The topological polar surface area (TPSA) is 49.3 Å². The van der Waals surface area contributed by atoms with Gasteiger partial charge in [-0.05, 0) is 42.8 Å². The number of hydrogen-bond acceptors (Lipinski definition) is 3. The van der Waals surface area contributed by atoms with Gasteiger partial charge in [-0.2, -0.15) is 0 Å². The lowest BCUT2D eigenvalue weighted by Crippen LogP contribution is -2.04. The molecule has 0 bridgehead atoms. The van der Waals surface area contributed by atoms with E-state index in [2.05, 4.69) is 5.32 Å². The van der Waals surface area contributed by atoms with Crippen molar-refractivity contribution in [3.63, 3.8) is 0 Å². The van der Waals surface area contributed by atoms with Gasteiger partial charge in [0, 0.05) is 16.8 Å². The number of carbonyl (C=O) groups excluding carboxylic acids is 1. The lowest BCUT2D eigenvalue weighted by atomic mass is 9.99. The number of phenolic OH excluding ortho intramolecular Hbond substituents is 1. The van der Waals surface area contributed by atoms with E-state index in [0.29, 0.717) is 27.5 Å². The first kappa shape index (κ1) is 16.1. The normalized spacial score (nSPS) is 10.4. The van der Waals surface area contributed by atoms with Gasteiger partial charge in [0.2, 0.25) is 0 Å². The van der Waals surface area contributed by atoms with Crippen molar-refractivity contribution in [2.45, 2.75) is 6.92 Å². The molecule has 3 aromatic rings. The summed E-state index contributed by atoms with van der Waals surface area (Å²) in [4.78, 5) is 12.7. The van der Waals surface area contributed by atoms with Crippen LogP contribution in [-0.4, -0.2) is 10.9 Å². The Kier molecular flexibility index (Phi) is 4.54. The number of rotatable bonds is 4. The van der Waals surface area contributed by atoms with Crippen LogP contribution in [0.2, 0.25) is 5.02 Å². The van der Waals surface area contributed by atoms with Crippen molar-refractivity contribution < 1.29 is 9.90 Å². The monoisotopic (exact) mass is 337 g/mol. The minimum Gasteiger partial charge on any atom is -0.506 e. The number of ketones is 1. The van der Waals surface area contributed by atoms with E-state index in [0.717, 1.165) is 5.56 Å². The minimum absolute atomic E-state index is 0.104. The second-order valence-corrected chi connectivity index (χ2v) is 5.89. The van der Waals surface area contributed by atoms with E-state index < -0.39 is 0 Å². The van der Waals surface area contributed by atoms with Crippen LogP contribution in [0.25, 0.3) is 0 Å². The zero-order valence-corrected chi connectivity index (χ0v) is 13.8. The summed E-state index contributed by atoms with van der Waals surface area (Å²) in [6.07, 6.45) is 0. The number of para-hydroxylation sites is 2. The first-order valence-corrected chi connectivity index (χ1v) is 7.89. The molecular formula is C20H16ClNO2. The van der Waals surface area contributed by atoms with Gasteiger partial charge in [0.05, 0.1) is 10.7 Å². The molecule has 0 atom stereocenters. The Bertz CT molecular complexity index is 906. The molecule has 3 rings (SSSR count). The maximum atomic E-state index is 12.7. The molecule has 3 aromatic carbocycles. The highest BCUT2D eigenvalue weighted by molar-refractivity contribution is 6.35. The number of phenols is 1. The van der Waals surface area contributed by atoms with Crippen molar-refractivity contribution in [1.82, 2.24) is 0 Å². The first-order valence-electron chi connectivity index (χ1n) is 7.51. The van der Waals surface area contributed by atoms with E-state index in [1.54, 1.807) is 42.5 Å². The molecule has 3 nitrogen and oxygen atoms in total. The average molecular weight is 338 g/mol. The summed E-state index contributed by atoms with van der Waals surface area (Å²) in [6, 6.07) is 19.5. The molecule has 0 aliphatic carbocycles. The van der Waals surface area contributed by atoms with Gasteiger partial charge in [0.1, 0.15) is 5.75 Å². The number of benzene rings is 3. The summed E-state index contributed by atoms with van der Waals surface area (Å²) in [5, 5.41) is 13.3. The van der Waals surface area contributed by atoms with Crippen molar-refractivity contribution in [2.24, 2.45) is 0 Å². The van der Waals surface area contributed by atoms with Crippen LogP contribution in [0.5, 0.6) is 5.75 Å². The van der Waals surface area contributed by atoms with E-state index in [9.17, 15) is 9.90 Å². The lowest BCUT2D eigenvalue weighted by molar-refractivity contribution is 0.103. The Labute approximate surface area is 145 Å². The van der Waals surface area contributed by atoms with Crippen LogP contribution in [0.3, 0.4) is 0 Å². The van der Waals surface area contributed by atoms with Gasteiger partial charge < -0.3 is 10.4 Å². The Balaban J connectivity index is 1.89. The first-order chi connectivity index (χ1) is 11.6. The van der Waals surface area contributed by atoms with Crippen LogP contribution >= 0.6 is 11.6 Å². The van der Waals surface area contributed by atoms with Crippen LogP contribution < -0.4 is 5.32 Å². The lowest BCUT2D eigenvalue weighted by Gasteiger charge is -2.11. The number of hydrogen-bond donors (Lipinski definition) is 2. The molecule has 24 heavy (non-hydrogen) atoms. The number of halogens is 1. The Morgan fingerprint density at radius 3 is 2.38 bits per heavy atom. The van der Waals surface area contributed by atoms with Gasteiger partial charge >= 0.3 is 0 Å². The fraction of sp³-hybridized carbons (Fsp3) is 0.0500. The third-order valence-corrected chi connectivity index (χ3v) is 4.10. The maximum absolute atomic E-state index is 12.7. The van der Waals surface area contributed by atoms with E-state index >= 15 is 0 Å². The van der Waals surface area contributed by atoms with Crippen molar-refractivity contribution >= 4 is 28.8 Å². The molecule has 0 aliphatic heterocycles. The van der Waals surface area contributed by atoms with Crippen LogP contribution in [0.15, 0.2) is 66.7 Å². The number of carbonyl (C=O) groups is 1. The molecule has 120 valence electrons. The number of nitrogens with one attached hydrogen (secondary N) is 1. The quantitative estimate of drug-likeness (QED) is 0.500. The van der Waals surface area contributed by atoms with Gasteiger partial charge in [-0.15, -0.1) is 0 Å². The molecule has 0 fully saturated rings. The SMILES string of the molecule is Cc1ccccc1C(=O)c1ccc(Nc2ccccc2O)cc1Cl. The van der Waals surface area contributed by atoms with Gasteiger partial charge in [0.25, 0.3) is 0 Å². The molecule has 4 heteroatoms. The van der Waals surface area contributed by atoms with Crippen molar-refractivity contribution in [2.75, 3.05) is 5.32 Å². The predicted octanol–water partition coefficient (Wildman–Crippen LogP) is 5.33. The Hall–Kier alpha value is -2.78. The third kappa shape index (κ3) is 3.26. The van der Waals surface area contributed by atoms with Crippen molar-refractivity contribution in [3.05, 3.63) is 88.4 Å². The van der Waals surface area contributed by atoms with Gasteiger partial charge in [-0.3, -0.25) is 4.79 Å². The number of aromatic hydroxyl groups is 1. The highest BCUT2D eigenvalue weighted by Crippen LogP contribution is 2.29. The second-order valence-electron chi connectivity index (χ2n) is 5.48. The summed E-state index contributed by atoms with van der Waals surface area (Å²) in [5.74, 6) is 0.0425. The molecule has 0 unspecified atom stereocenters. The molecule has 0 aromatic heterocycles. The molecule has 0 saturated heterocycles. The van der Waals surface area contributed by atoms with Gasteiger partial charge in [0.15, 0.2) is 5.78 Å². The molecule has 0 aliphatic rings. The Morgan fingerprint density at radius 1 is 0.958 bits per heavy atom. The van der Waals surface area contributed by atoms with Crippen LogP contribution in [0.4, 0.5) is 11.4 Å². The van der Waals surface area contributed by atoms with Gasteiger partial charge in [-0.1, -0.05) is 48.0 Å². The fourth-order valence-electron chi connectivity index (χ4n) is 2.48. The van der Waals surface area contributed by atoms with Crippen LogP contribution in [0, 0.1) is 6.92 Å². The summed E-state index contributed by atoms with van der Waals surface area (Å²) >= 11 is 6.31. The Morgan fingerprint density at radius 2 is 1.67 bits per heavy atom. The van der Waals surface area contributed by atoms with E-state index in [-0.39, 0.29) is 11.5 Å². The number of anilines is 2. The molecule has 0 radical (unpaired) electrons. The largest absolute Gasteiger partial charge is 0.506 e. The van der Waals surface area contributed by atoms with Gasteiger partial charge in [-0.25, -0.2) is 0 Å². The highest BCUT2D eigenvalue weighted by atomic mass is 35.5. The number of aryl methyl sites for hydroxylation is 1. The molecule has 0 saturated carbocycles. The smallest absolute Gasteiger partial charge is 0.194 e. The van der Waals surface area contributed by atoms with E-state index in [4.69, 9.17) is 11.6 Å². The maximum Gasteiger partial charge on any atom is 0.194 e. The second kappa shape index (κ2) is 6.77. The molecule has 2 N–H and O–H groups in total. The summed E-state index contributed by atoms with van der Waals surface area (Å²) < 4.78 is 0. The zero-order chi connectivity index (χ0) is 17.1. The van der Waals surface area contributed by atoms with Crippen molar-refractivity contribution in [1.29, 1.82) is 0 Å². The van der Waals surface area contributed by atoms with Crippen molar-refractivity contribution in [3.8, 4) is 5.75 Å². The summed E-state index contributed by atoms with van der Waals surface area (Å²) in [6.45, 7) is 1.90. The average Bonchev–Trinajstić information content (AvgIpc) is 2.57. The van der Waals surface area contributed by atoms with Crippen LogP contribution in [-0.2, 0) is 0 Å². The highest BCUT2D eigenvalue weighted by Gasteiger charge is 2.15. The van der Waals surface area contributed by atoms with E-state index in [1.807, 2.05) is 31.2 Å². The summed E-state index contributed by atoms with van der Waals surface area (Å²) in [5.41, 5.74) is 3.28. The van der Waals surface area contributed by atoms with Crippen LogP contribution in [0.1, 0.15) is 21.5 Å². The summed E-state index contributed by atoms with van der Waals surface area (Å²) in [7, 11) is 0. The van der Waals surface area contributed by atoms with E-state index in [1.165, 1.54) is 0 Å². The molecular weight excluding hydrogens is 322 g/mol.